The van der Waals surface area contributed by atoms with Crippen LogP contribution in [0.1, 0.15) is 58.3 Å². The smallest absolute Gasteiger partial charge is 0.0443 e. The summed E-state index contributed by atoms with van der Waals surface area (Å²) in [5.74, 6) is 0.890. The van der Waals surface area contributed by atoms with Gasteiger partial charge in [0.25, 0.3) is 0 Å². The molecule has 0 aromatic rings. The van der Waals surface area contributed by atoms with Crippen LogP contribution in [0.5, 0.6) is 0 Å². The van der Waals surface area contributed by atoms with Crippen LogP contribution in [0.2, 0.25) is 0 Å². The van der Waals surface area contributed by atoms with Gasteiger partial charge in [-0.3, -0.25) is 4.90 Å². The molecule has 1 saturated heterocycles. The predicted molar refractivity (Wildman–Crippen MR) is 80.3 cm³/mol. The molecule has 2 rings (SSSR count). The van der Waals surface area contributed by atoms with Crippen molar-refractivity contribution in [3.8, 4) is 0 Å². The van der Waals surface area contributed by atoms with Crippen LogP contribution in [0.3, 0.4) is 0 Å². The average Bonchev–Trinajstić information content (AvgIpc) is 2.34. The Kier molecular flexibility index (Phi) is 6.62. The molecule has 19 heavy (non-hydrogen) atoms. The van der Waals surface area contributed by atoms with Gasteiger partial charge in [0.2, 0.25) is 0 Å². The zero-order chi connectivity index (χ0) is 13.5. The quantitative estimate of drug-likeness (QED) is 0.664. The Bertz CT molecular complexity index is 243. The molecule has 2 aliphatic rings. The number of aliphatic hydroxyl groups excluding tert-OH is 1. The molecule has 1 saturated carbocycles. The van der Waals surface area contributed by atoms with E-state index in [0.717, 1.165) is 24.9 Å². The maximum Gasteiger partial charge on any atom is 0.0443 e. The molecule has 0 aromatic heterocycles. The van der Waals surface area contributed by atoms with E-state index in [9.17, 15) is 0 Å². The monoisotopic (exact) mass is 268 g/mol. The van der Waals surface area contributed by atoms with E-state index in [4.69, 9.17) is 5.11 Å². The van der Waals surface area contributed by atoms with Crippen molar-refractivity contribution in [2.24, 2.45) is 5.92 Å². The summed E-state index contributed by atoms with van der Waals surface area (Å²) in [6, 6.07) is 1.54. The average molecular weight is 268 g/mol. The normalized spacial score (nSPS) is 29.4. The molecule has 1 aliphatic heterocycles. The second-order valence-corrected chi connectivity index (χ2v) is 6.51. The van der Waals surface area contributed by atoms with Gasteiger partial charge in [-0.2, -0.15) is 0 Å². The zero-order valence-electron chi connectivity index (χ0n) is 12.6. The molecule has 112 valence electrons. The predicted octanol–water partition coefficient (Wildman–Crippen LogP) is 2.39. The first-order valence-electron chi connectivity index (χ1n) is 8.41. The molecule has 2 N–H and O–H groups in total. The highest BCUT2D eigenvalue weighted by Gasteiger charge is 2.33. The van der Waals surface area contributed by atoms with E-state index in [1.165, 1.54) is 58.0 Å². The minimum absolute atomic E-state index is 0.311. The highest BCUT2D eigenvalue weighted by atomic mass is 16.3. The van der Waals surface area contributed by atoms with Gasteiger partial charge in [-0.1, -0.05) is 26.2 Å². The van der Waals surface area contributed by atoms with Crippen molar-refractivity contribution in [1.29, 1.82) is 0 Å². The summed E-state index contributed by atoms with van der Waals surface area (Å²) < 4.78 is 0. The third kappa shape index (κ3) is 4.73. The van der Waals surface area contributed by atoms with E-state index in [0.29, 0.717) is 12.6 Å². The summed E-state index contributed by atoms with van der Waals surface area (Å²) in [4.78, 5) is 2.75. The summed E-state index contributed by atoms with van der Waals surface area (Å²) in [6.45, 7) is 6.15. The Balaban J connectivity index is 1.80. The highest BCUT2D eigenvalue weighted by Crippen LogP contribution is 2.30. The van der Waals surface area contributed by atoms with Crippen molar-refractivity contribution in [1.82, 2.24) is 10.2 Å². The SMILES string of the molecule is CCCCC1CC(NCCCO)CN(C2CCC2)C1. The summed E-state index contributed by atoms with van der Waals surface area (Å²) >= 11 is 0. The Labute approximate surface area is 118 Å². The van der Waals surface area contributed by atoms with E-state index >= 15 is 0 Å². The van der Waals surface area contributed by atoms with Gasteiger partial charge in [-0.25, -0.2) is 0 Å². The van der Waals surface area contributed by atoms with E-state index in [-0.39, 0.29) is 0 Å². The highest BCUT2D eigenvalue weighted by molar-refractivity contribution is 4.89. The lowest BCUT2D eigenvalue weighted by Gasteiger charge is -2.45. The molecule has 2 unspecified atom stereocenters. The summed E-state index contributed by atoms with van der Waals surface area (Å²) in [5.41, 5.74) is 0. The summed E-state index contributed by atoms with van der Waals surface area (Å²) in [6.07, 6.45) is 10.6. The van der Waals surface area contributed by atoms with Crippen LogP contribution in [0.25, 0.3) is 0 Å². The van der Waals surface area contributed by atoms with Gasteiger partial charge >= 0.3 is 0 Å². The van der Waals surface area contributed by atoms with Gasteiger partial charge in [0.05, 0.1) is 0 Å². The molecule has 0 amide bonds. The molecule has 0 aromatic carbocycles. The first-order chi connectivity index (χ1) is 9.33. The van der Waals surface area contributed by atoms with Crippen molar-refractivity contribution in [2.75, 3.05) is 26.2 Å². The molecular formula is C16H32N2O. The van der Waals surface area contributed by atoms with Crippen LogP contribution in [0.15, 0.2) is 0 Å². The van der Waals surface area contributed by atoms with Crippen molar-refractivity contribution in [3.63, 3.8) is 0 Å². The molecule has 0 spiro atoms. The van der Waals surface area contributed by atoms with Crippen LogP contribution < -0.4 is 5.32 Å². The standard InChI is InChI=1S/C16H32N2O/c1-2-3-6-14-11-15(17-9-5-10-19)13-18(12-14)16-7-4-8-16/h14-17,19H,2-13H2,1H3. The van der Waals surface area contributed by atoms with Gasteiger partial charge in [0, 0.05) is 31.8 Å². The van der Waals surface area contributed by atoms with Crippen molar-refractivity contribution in [3.05, 3.63) is 0 Å². The molecule has 3 heteroatoms. The topological polar surface area (TPSA) is 35.5 Å². The molecule has 0 radical (unpaired) electrons. The Morgan fingerprint density at radius 2 is 2.05 bits per heavy atom. The molecule has 3 nitrogen and oxygen atoms in total. The third-order valence-corrected chi connectivity index (χ3v) is 4.89. The van der Waals surface area contributed by atoms with E-state index in [2.05, 4.69) is 17.1 Å². The van der Waals surface area contributed by atoms with Crippen molar-refractivity contribution in [2.45, 2.75) is 70.4 Å². The lowest BCUT2D eigenvalue weighted by Crippen LogP contribution is -2.54. The number of rotatable bonds is 8. The van der Waals surface area contributed by atoms with Crippen molar-refractivity contribution >= 4 is 0 Å². The fourth-order valence-corrected chi connectivity index (χ4v) is 3.53. The number of likely N-dealkylation sites (tertiary alicyclic amines) is 1. The fourth-order valence-electron chi connectivity index (χ4n) is 3.53. The zero-order valence-corrected chi connectivity index (χ0v) is 12.6. The number of aliphatic hydroxyl groups is 1. The largest absolute Gasteiger partial charge is 0.396 e. The van der Waals surface area contributed by atoms with Gasteiger partial charge in [0.15, 0.2) is 0 Å². The van der Waals surface area contributed by atoms with Gasteiger partial charge < -0.3 is 10.4 Å². The lowest BCUT2D eigenvalue weighted by molar-refractivity contribution is 0.0553. The number of nitrogens with zero attached hydrogens (tertiary/aromatic N) is 1. The molecular weight excluding hydrogens is 236 g/mol. The first kappa shape index (κ1) is 15.3. The van der Waals surface area contributed by atoms with E-state index in [1.807, 2.05) is 0 Å². The lowest BCUT2D eigenvalue weighted by atomic mass is 9.84. The van der Waals surface area contributed by atoms with Crippen LogP contribution >= 0.6 is 0 Å². The summed E-state index contributed by atoms with van der Waals surface area (Å²) in [5, 5.41) is 12.6. The minimum atomic E-state index is 0.311. The Hall–Kier alpha value is -0.120. The van der Waals surface area contributed by atoms with Crippen LogP contribution in [0.4, 0.5) is 0 Å². The molecule has 1 aliphatic carbocycles. The van der Waals surface area contributed by atoms with Crippen molar-refractivity contribution < 1.29 is 5.11 Å². The van der Waals surface area contributed by atoms with Crippen LogP contribution in [-0.4, -0.2) is 48.3 Å². The number of hydrogen-bond acceptors (Lipinski definition) is 3. The fraction of sp³-hybridized carbons (Fsp3) is 1.00. The molecule has 1 heterocycles. The second-order valence-electron chi connectivity index (χ2n) is 6.51. The second kappa shape index (κ2) is 8.23. The first-order valence-corrected chi connectivity index (χ1v) is 8.41. The molecule has 2 atom stereocenters. The van der Waals surface area contributed by atoms with Gasteiger partial charge in [-0.05, 0) is 44.6 Å². The van der Waals surface area contributed by atoms with Crippen LogP contribution in [-0.2, 0) is 0 Å². The van der Waals surface area contributed by atoms with E-state index < -0.39 is 0 Å². The minimum Gasteiger partial charge on any atom is -0.396 e. The number of nitrogens with one attached hydrogen (secondary N) is 1. The maximum absolute atomic E-state index is 8.90. The summed E-state index contributed by atoms with van der Waals surface area (Å²) in [7, 11) is 0. The number of hydrogen-bond donors (Lipinski definition) is 2. The maximum atomic E-state index is 8.90. The molecule has 2 fully saturated rings. The number of unbranched alkanes of at least 4 members (excludes halogenated alkanes) is 1. The Morgan fingerprint density at radius 3 is 2.68 bits per heavy atom. The Morgan fingerprint density at radius 1 is 1.21 bits per heavy atom. The molecule has 0 bridgehead atoms. The van der Waals surface area contributed by atoms with Gasteiger partial charge in [-0.15, -0.1) is 0 Å². The third-order valence-electron chi connectivity index (χ3n) is 4.89. The van der Waals surface area contributed by atoms with Gasteiger partial charge in [0.1, 0.15) is 0 Å². The number of piperidine rings is 1. The van der Waals surface area contributed by atoms with Crippen LogP contribution in [0, 0.1) is 5.92 Å². The van der Waals surface area contributed by atoms with E-state index in [1.54, 1.807) is 0 Å².